The van der Waals surface area contributed by atoms with Crippen molar-refractivity contribution in [3.63, 3.8) is 0 Å². The van der Waals surface area contributed by atoms with Gasteiger partial charge in [0, 0.05) is 5.41 Å². The van der Waals surface area contributed by atoms with Crippen molar-refractivity contribution in [1.29, 1.82) is 0 Å². The van der Waals surface area contributed by atoms with Crippen LogP contribution >= 0.6 is 0 Å². The van der Waals surface area contributed by atoms with Crippen LogP contribution in [0.3, 0.4) is 0 Å². The maximum absolute atomic E-state index is 12.6. The van der Waals surface area contributed by atoms with E-state index in [-0.39, 0.29) is 5.41 Å². The summed E-state index contributed by atoms with van der Waals surface area (Å²) in [7, 11) is 0. The highest BCUT2D eigenvalue weighted by atomic mass is 19.4. The summed E-state index contributed by atoms with van der Waals surface area (Å²) in [6, 6.07) is 8.57. The van der Waals surface area contributed by atoms with Crippen LogP contribution in [0.5, 0.6) is 0 Å². The summed E-state index contributed by atoms with van der Waals surface area (Å²) in [4.78, 5) is 11.3. The molecule has 0 radical (unpaired) electrons. The summed E-state index contributed by atoms with van der Waals surface area (Å²) < 4.78 is 42.8. The van der Waals surface area contributed by atoms with Crippen molar-refractivity contribution in [3.05, 3.63) is 35.4 Å². The average molecular weight is 352 g/mol. The zero-order chi connectivity index (χ0) is 17.8. The second kappa shape index (κ2) is 5.75. The summed E-state index contributed by atoms with van der Waals surface area (Å²) >= 11 is 0. The van der Waals surface area contributed by atoms with Gasteiger partial charge < -0.3 is 4.74 Å². The summed E-state index contributed by atoms with van der Waals surface area (Å²) in [5.74, 6) is -0.704. The Morgan fingerprint density at radius 1 is 1.16 bits per heavy atom. The Bertz CT molecular complexity index is 684. The number of halogens is 3. The molecule has 1 aromatic rings. The van der Waals surface area contributed by atoms with Gasteiger partial charge in [0.1, 0.15) is 6.10 Å². The number of rotatable bonds is 1. The maximum atomic E-state index is 12.6. The van der Waals surface area contributed by atoms with Gasteiger partial charge in [0.15, 0.2) is 0 Å². The number of benzene rings is 1. The van der Waals surface area contributed by atoms with Gasteiger partial charge in [0.25, 0.3) is 0 Å². The minimum absolute atomic E-state index is 0.325. The lowest BCUT2D eigenvalue weighted by molar-refractivity contribution is -0.211. The van der Waals surface area contributed by atoms with E-state index in [1.807, 2.05) is 6.92 Å². The Hall–Kier alpha value is -1.52. The van der Waals surface area contributed by atoms with Crippen LogP contribution in [-0.2, 0) is 16.0 Å². The van der Waals surface area contributed by atoms with E-state index in [2.05, 4.69) is 24.3 Å². The number of hydrogen-bond donors (Lipinski definition) is 0. The molecule has 3 aliphatic rings. The van der Waals surface area contributed by atoms with Gasteiger partial charge in [-0.25, -0.2) is 4.79 Å². The van der Waals surface area contributed by atoms with Gasteiger partial charge in [0.2, 0.25) is 0 Å². The van der Waals surface area contributed by atoms with E-state index in [1.165, 1.54) is 11.1 Å². The van der Waals surface area contributed by atoms with Crippen molar-refractivity contribution < 1.29 is 22.7 Å². The van der Waals surface area contributed by atoms with Crippen LogP contribution in [0, 0.1) is 17.3 Å². The highest BCUT2D eigenvalue weighted by Crippen LogP contribution is 2.61. The number of aryl methyl sites for hydroxylation is 1. The largest absolute Gasteiger partial charge is 0.490 e. The van der Waals surface area contributed by atoms with Gasteiger partial charge in [-0.2, -0.15) is 13.2 Å². The molecule has 0 aromatic heterocycles. The maximum Gasteiger partial charge on any atom is 0.490 e. The highest BCUT2D eigenvalue weighted by Gasteiger charge is 2.57. The molecule has 136 valence electrons. The predicted octanol–water partition coefficient (Wildman–Crippen LogP) is 5.02. The third-order valence-corrected chi connectivity index (χ3v) is 7.03. The van der Waals surface area contributed by atoms with Gasteiger partial charge in [0.05, 0.1) is 0 Å². The second-order valence-corrected chi connectivity index (χ2v) is 8.13. The minimum atomic E-state index is -4.91. The van der Waals surface area contributed by atoms with Crippen LogP contribution in [0.2, 0.25) is 0 Å². The zero-order valence-corrected chi connectivity index (χ0v) is 14.3. The molecule has 0 N–H and O–H groups in total. The average Bonchev–Trinajstić information content (AvgIpc) is 2.90. The van der Waals surface area contributed by atoms with E-state index in [0.29, 0.717) is 24.2 Å². The summed E-state index contributed by atoms with van der Waals surface area (Å²) in [5, 5.41) is 0. The lowest BCUT2D eigenvalue weighted by Crippen LogP contribution is -2.46. The van der Waals surface area contributed by atoms with Crippen LogP contribution in [0.15, 0.2) is 24.3 Å². The Kier molecular flexibility index (Phi) is 3.89. The molecule has 0 unspecified atom stereocenters. The Morgan fingerprint density at radius 3 is 2.68 bits per heavy atom. The fourth-order valence-corrected chi connectivity index (χ4v) is 5.86. The van der Waals surface area contributed by atoms with E-state index < -0.39 is 18.2 Å². The van der Waals surface area contributed by atoms with Crippen molar-refractivity contribution in [3.8, 4) is 0 Å². The first-order valence-corrected chi connectivity index (χ1v) is 9.16. The van der Waals surface area contributed by atoms with Crippen molar-refractivity contribution >= 4 is 5.97 Å². The number of carbonyl (C=O) groups is 1. The van der Waals surface area contributed by atoms with Gasteiger partial charge in [-0.05, 0) is 67.4 Å². The molecule has 0 spiro atoms. The molecule has 3 aliphatic carbocycles. The zero-order valence-electron chi connectivity index (χ0n) is 14.3. The van der Waals surface area contributed by atoms with Gasteiger partial charge in [-0.3, -0.25) is 0 Å². The Morgan fingerprint density at radius 2 is 1.92 bits per heavy atom. The van der Waals surface area contributed by atoms with Crippen LogP contribution in [0.4, 0.5) is 13.2 Å². The fraction of sp³-hybridized carbons (Fsp3) is 0.650. The van der Waals surface area contributed by atoms with Crippen molar-refractivity contribution in [2.45, 2.75) is 63.6 Å². The second-order valence-electron chi connectivity index (χ2n) is 8.13. The first-order chi connectivity index (χ1) is 11.8. The minimum Gasteiger partial charge on any atom is -0.455 e. The van der Waals surface area contributed by atoms with Crippen molar-refractivity contribution in [2.75, 3.05) is 0 Å². The number of alkyl halides is 3. The molecule has 0 bridgehead atoms. The third-order valence-electron chi connectivity index (χ3n) is 7.03. The van der Waals surface area contributed by atoms with Crippen LogP contribution < -0.4 is 0 Å². The molecular weight excluding hydrogens is 329 g/mol. The third kappa shape index (κ3) is 2.67. The molecule has 4 rings (SSSR count). The number of esters is 1. The van der Waals surface area contributed by atoms with E-state index in [1.54, 1.807) is 0 Å². The Labute approximate surface area is 145 Å². The molecule has 5 heteroatoms. The summed E-state index contributed by atoms with van der Waals surface area (Å²) in [6.45, 7) is 2.04. The molecule has 0 saturated heterocycles. The molecule has 0 amide bonds. The molecule has 5 atom stereocenters. The normalized spacial score (nSPS) is 37.0. The molecule has 2 fully saturated rings. The molecular formula is C20H23F3O2. The SMILES string of the molecule is C[C@]12CC[C@@H]3c4ccccc4CC[C@H]3[C@@H]1CC[C@H]2OC(=O)C(F)(F)F. The molecule has 1 aromatic carbocycles. The van der Waals surface area contributed by atoms with Crippen molar-refractivity contribution in [1.82, 2.24) is 0 Å². The molecule has 2 nitrogen and oxygen atoms in total. The summed E-state index contributed by atoms with van der Waals surface area (Å²) in [6.07, 6.45) is -0.195. The topological polar surface area (TPSA) is 26.3 Å². The van der Waals surface area contributed by atoms with Crippen LogP contribution in [0.1, 0.15) is 56.1 Å². The van der Waals surface area contributed by atoms with Crippen LogP contribution in [-0.4, -0.2) is 18.2 Å². The monoisotopic (exact) mass is 352 g/mol. The van der Waals surface area contributed by atoms with E-state index in [9.17, 15) is 18.0 Å². The molecule has 0 heterocycles. The smallest absolute Gasteiger partial charge is 0.455 e. The highest BCUT2D eigenvalue weighted by molar-refractivity contribution is 5.75. The summed E-state index contributed by atoms with van der Waals surface area (Å²) in [5.41, 5.74) is 2.52. The van der Waals surface area contributed by atoms with Gasteiger partial charge >= 0.3 is 12.1 Å². The fourth-order valence-electron chi connectivity index (χ4n) is 5.86. The number of fused-ring (bicyclic) bond motifs is 5. The van der Waals surface area contributed by atoms with E-state index >= 15 is 0 Å². The first kappa shape index (κ1) is 16.9. The molecule has 0 aliphatic heterocycles. The van der Waals surface area contributed by atoms with E-state index in [0.717, 1.165) is 32.1 Å². The standard InChI is InChI=1S/C20H23F3O2/c1-19-11-10-14-13-5-3-2-4-12(13)6-7-15(14)16(19)8-9-17(19)25-18(24)20(21,22)23/h2-5,14-17H,6-11H2,1H3/t14-,15-,16+,17-,19+/m1/s1. The lowest BCUT2D eigenvalue weighted by atomic mass is 9.55. The molecule has 25 heavy (non-hydrogen) atoms. The van der Waals surface area contributed by atoms with E-state index in [4.69, 9.17) is 4.74 Å². The molecule has 2 saturated carbocycles. The predicted molar refractivity (Wildman–Crippen MR) is 87.0 cm³/mol. The van der Waals surface area contributed by atoms with Gasteiger partial charge in [-0.15, -0.1) is 0 Å². The number of ether oxygens (including phenoxy) is 1. The Balaban J connectivity index is 1.57. The van der Waals surface area contributed by atoms with Crippen molar-refractivity contribution in [2.24, 2.45) is 17.3 Å². The number of hydrogen-bond acceptors (Lipinski definition) is 2. The van der Waals surface area contributed by atoms with Crippen LogP contribution in [0.25, 0.3) is 0 Å². The lowest BCUT2D eigenvalue weighted by Gasteiger charge is -2.50. The first-order valence-electron chi connectivity index (χ1n) is 9.16. The number of carbonyl (C=O) groups excluding carboxylic acids is 1. The quantitative estimate of drug-likeness (QED) is 0.664. The van der Waals surface area contributed by atoms with Gasteiger partial charge in [-0.1, -0.05) is 31.2 Å².